The minimum atomic E-state index is -0.278. The molecule has 0 bridgehead atoms. The maximum absolute atomic E-state index is 13.2. The van der Waals surface area contributed by atoms with E-state index in [-0.39, 0.29) is 23.9 Å². The summed E-state index contributed by atoms with van der Waals surface area (Å²) >= 11 is 0. The zero-order chi connectivity index (χ0) is 15.4. The number of anilines is 2. The van der Waals surface area contributed by atoms with Gasteiger partial charge in [0, 0.05) is 13.6 Å². The number of nitrogens with two attached hydrogens (primary N) is 1. The lowest BCUT2D eigenvalue weighted by atomic mass is 10.2. The summed E-state index contributed by atoms with van der Waals surface area (Å²) in [5, 5.41) is 0. The van der Waals surface area contributed by atoms with Crippen LogP contribution >= 0.6 is 0 Å². The van der Waals surface area contributed by atoms with Gasteiger partial charge in [0.1, 0.15) is 5.82 Å². The van der Waals surface area contributed by atoms with Gasteiger partial charge in [0.2, 0.25) is 11.9 Å². The minimum absolute atomic E-state index is 0.0619. The average Bonchev–Trinajstić information content (AvgIpc) is 2.37. The van der Waals surface area contributed by atoms with E-state index in [1.165, 1.54) is 12.1 Å². The van der Waals surface area contributed by atoms with E-state index in [0.29, 0.717) is 12.5 Å². The second-order valence-corrected chi connectivity index (χ2v) is 4.93. The number of nitrogens with zero attached hydrogens (tertiary/aromatic N) is 4. The van der Waals surface area contributed by atoms with Gasteiger partial charge in [-0.1, -0.05) is 12.1 Å². The van der Waals surface area contributed by atoms with Crippen LogP contribution < -0.4 is 15.4 Å². The standard InChI is InChI=1S/C14H18FN5O/c1-9(2)21-14-18-12(16)17-13(19-14)20(3)8-10-5-4-6-11(15)7-10/h4-7,9H,8H2,1-3H3,(H2,16,17,18,19). The molecule has 2 N–H and O–H groups in total. The summed E-state index contributed by atoms with van der Waals surface area (Å²) in [5.74, 6) is 0.184. The van der Waals surface area contributed by atoms with Gasteiger partial charge in [0.05, 0.1) is 6.10 Å². The minimum Gasteiger partial charge on any atom is -0.461 e. The van der Waals surface area contributed by atoms with Crippen molar-refractivity contribution >= 4 is 11.9 Å². The average molecular weight is 291 g/mol. The number of rotatable bonds is 5. The van der Waals surface area contributed by atoms with Crippen LogP contribution in [0.3, 0.4) is 0 Å². The quantitative estimate of drug-likeness (QED) is 0.908. The Bertz CT molecular complexity index is 620. The Morgan fingerprint density at radius 1 is 1.29 bits per heavy atom. The molecule has 0 aliphatic heterocycles. The first-order chi connectivity index (χ1) is 9.94. The van der Waals surface area contributed by atoms with Crippen molar-refractivity contribution in [3.8, 4) is 6.01 Å². The molecule has 6 nitrogen and oxygen atoms in total. The van der Waals surface area contributed by atoms with Crippen LogP contribution in [0.25, 0.3) is 0 Å². The van der Waals surface area contributed by atoms with Crippen LogP contribution in [0.15, 0.2) is 24.3 Å². The number of hydrogen-bond donors (Lipinski definition) is 1. The molecule has 0 unspecified atom stereocenters. The lowest BCUT2D eigenvalue weighted by Crippen LogP contribution is -2.21. The first-order valence-electron chi connectivity index (χ1n) is 6.58. The molecule has 0 fully saturated rings. The van der Waals surface area contributed by atoms with Crippen molar-refractivity contribution in [2.45, 2.75) is 26.5 Å². The van der Waals surface area contributed by atoms with Gasteiger partial charge in [-0.3, -0.25) is 0 Å². The number of benzene rings is 1. The fourth-order valence-corrected chi connectivity index (χ4v) is 1.78. The Hall–Kier alpha value is -2.44. The monoisotopic (exact) mass is 291 g/mol. The highest BCUT2D eigenvalue weighted by molar-refractivity contribution is 5.36. The lowest BCUT2D eigenvalue weighted by Gasteiger charge is -2.18. The molecule has 112 valence electrons. The molecule has 0 amide bonds. The third-order valence-corrected chi connectivity index (χ3v) is 2.61. The molecule has 0 saturated heterocycles. The van der Waals surface area contributed by atoms with Crippen LogP contribution in [0.4, 0.5) is 16.3 Å². The zero-order valence-electron chi connectivity index (χ0n) is 12.2. The molecule has 0 aliphatic carbocycles. The van der Waals surface area contributed by atoms with Gasteiger partial charge in [0.25, 0.3) is 0 Å². The SMILES string of the molecule is CC(C)Oc1nc(N)nc(N(C)Cc2cccc(F)c2)n1. The van der Waals surface area contributed by atoms with Gasteiger partial charge in [-0.05, 0) is 31.5 Å². The van der Waals surface area contributed by atoms with Crippen molar-refractivity contribution in [1.82, 2.24) is 15.0 Å². The summed E-state index contributed by atoms with van der Waals surface area (Å²) in [6.07, 6.45) is -0.0619. The molecule has 7 heteroatoms. The largest absolute Gasteiger partial charge is 0.461 e. The van der Waals surface area contributed by atoms with Crippen LogP contribution in [0.5, 0.6) is 6.01 Å². The fourth-order valence-electron chi connectivity index (χ4n) is 1.78. The third-order valence-electron chi connectivity index (χ3n) is 2.61. The van der Waals surface area contributed by atoms with Crippen LogP contribution in [0.2, 0.25) is 0 Å². The van der Waals surface area contributed by atoms with E-state index in [1.807, 2.05) is 19.9 Å². The van der Waals surface area contributed by atoms with E-state index in [9.17, 15) is 4.39 Å². The first-order valence-corrected chi connectivity index (χ1v) is 6.58. The third kappa shape index (κ3) is 4.27. The summed E-state index contributed by atoms with van der Waals surface area (Å²) in [4.78, 5) is 13.9. The predicted molar refractivity (Wildman–Crippen MR) is 78.5 cm³/mol. The molecule has 1 heterocycles. The number of nitrogen functional groups attached to an aromatic ring is 1. The first kappa shape index (κ1) is 15.0. The Morgan fingerprint density at radius 3 is 2.71 bits per heavy atom. The van der Waals surface area contributed by atoms with Gasteiger partial charge < -0.3 is 15.4 Å². The van der Waals surface area contributed by atoms with Crippen molar-refractivity contribution in [3.05, 3.63) is 35.6 Å². The Kier molecular flexibility index (Phi) is 4.52. The summed E-state index contributed by atoms with van der Waals surface area (Å²) in [7, 11) is 1.79. The van der Waals surface area contributed by atoms with Crippen LogP contribution in [-0.2, 0) is 6.54 Å². The molecular weight excluding hydrogens is 273 g/mol. The predicted octanol–water partition coefficient (Wildman–Crippen LogP) is 2.02. The van der Waals surface area contributed by atoms with E-state index < -0.39 is 0 Å². The van der Waals surface area contributed by atoms with Gasteiger partial charge in [-0.15, -0.1) is 0 Å². The van der Waals surface area contributed by atoms with Crippen molar-refractivity contribution in [3.63, 3.8) is 0 Å². The van der Waals surface area contributed by atoms with Gasteiger partial charge >= 0.3 is 6.01 Å². The number of hydrogen-bond acceptors (Lipinski definition) is 6. The molecule has 0 atom stereocenters. The summed E-state index contributed by atoms with van der Waals surface area (Å²) in [6, 6.07) is 6.54. The van der Waals surface area contributed by atoms with Crippen molar-refractivity contribution in [2.24, 2.45) is 0 Å². The van der Waals surface area contributed by atoms with E-state index in [4.69, 9.17) is 10.5 Å². The molecule has 0 aliphatic rings. The molecule has 1 aromatic heterocycles. The Balaban J connectivity index is 2.18. The van der Waals surface area contributed by atoms with E-state index in [0.717, 1.165) is 5.56 Å². The van der Waals surface area contributed by atoms with Crippen molar-refractivity contribution in [2.75, 3.05) is 17.7 Å². The van der Waals surface area contributed by atoms with Crippen LogP contribution in [0.1, 0.15) is 19.4 Å². The highest BCUT2D eigenvalue weighted by atomic mass is 19.1. The summed E-state index contributed by atoms with van der Waals surface area (Å²) in [6.45, 7) is 4.19. The van der Waals surface area contributed by atoms with Gasteiger partial charge in [-0.25, -0.2) is 4.39 Å². The fraction of sp³-hybridized carbons (Fsp3) is 0.357. The van der Waals surface area contributed by atoms with E-state index in [2.05, 4.69) is 15.0 Å². The summed E-state index contributed by atoms with van der Waals surface area (Å²) < 4.78 is 18.6. The molecule has 0 spiro atoms. The lowest BCUT2D eigenvalue weighted by molar-refractivity contribution is 0.222. The summed E-state index contributed by atoms with van der Waals surface area (Å²) in [5.41, 5.74) is 6.47. The van der Waals surface area contributed by atoms with E-state index >= 15 is 0 Å². The molecule has 1 aromatic carbocycles. The van der Waals surface area contributed by atoms with E-state index in [1.54, 1.807) is 18.0 Å². The maximum Gasteiger partial charge on any atom is 0.323 e. The smallest absolute Gasteiger partial charge is 0.323 e. The second-order valence-electron chi connectivity index (χ2n) is 4.93. The molecule has 21 heavy (non-hydrogen) atoms. The highest BCUT2D eigenvalue weighted by Crippen LogP contribution is 2.16. The Labute approximate surface area is 122 Å². The number of aromatic nitrogens is 3. The second kappa shape index (κ2) is 6.34. The van der Waals surface area contributed by atoms with Gasteiger partial charge in [0.15, 0.2) is 0 Å². The van der Waals surface area contributed by atoms with Crippen molar-refractivity contribution in [1.29, 1.82) is 0 Å². The molecule has 2 rings (SSSR count). The molecule has 0 saturated carbocycles. The molecule has 2 aromatic rings. The van der Waals surface area contributed by atoms with Crippen LogP contribution in [0, 0.1) is 5.82 Å². The maximum atomic E-state index is 13.2. The number of halogens is 1. The normalized spacial score (nSPS) is 10.7. The highest BCUT2D eigenvalue weighted by Gasteiger charge is 2.11. The number of ether oxygens (including phenoxy) is 1. The van der Waals surface area contributed by atoms with Gasteiger partial charge in [-0.2, -0.15) is 15.0 Å². The topological polar surface area (TPSA) is 77.2 Å². The Morgan fingerprint density at radius 2 is 2.05 bits per heavy atom. The molecular formula is C14H18FN5O. The van der Waals surface area contributed by atoms with Crippen LogP contribution in [-0.4, -0.2) is 28.1 Å². The molecule has 0 radical (unpaired) electrons. The van der Waals surface area contributed by atoms with Crippen molar-refractivity contribution < 1.29 is 9.13 Å². The zero-order valence-corrected chi connectivity index (χ0v) is 12.2.